The van der Waals surface area contributed by atoms with E-state index in [2.05, 4.69) is 13.0 Å². The number of hydrogen-bond acceptors (Lipinski definition) is 1. The molecule has 1 aliphatic carbocycles. The first-order chi connectivity index (χ1) is 4.86. The van der Waals surface area contributed by atoms with E-state index in [1.165, 1.54) is 12.8 Å². The monoisotopic (exact) mass is 138 g/mol. The van der Waals surface area contributed by atoms with Gasteiger partial charge in [0.2, 0.25) is 0 Å². The Hall–Kier alpha value is -0.300. The number of allylic oxidation sites excluding steroid dienone is 1. The van der Waals surface area contributed by atoms with Gasteiger partial charge >= 0.3 is 0 Å². The molecule has 2 atom stereocenters. The Morgan fingerprint density at radius 1 is 1.60 bits per heavy atom. The molecule has 1 nitrogen and oxygen atoms in total. The fourth-order valence-corrected chi connectivity index (χ4v) is 2.00. The number of rotatable bonds is 0. The second-order valence-corrected chi connectivity index (χ2v) is 3.45. The van der Waals surface area contributed by atoms with Crippen LogP contribution in [-0.2, 0) is 4.74 Å². The van der Waals surface area contributed by atoms with Crippen molar-refractivity contribution in [2.24, 2.45) is 5.92 Å². The molecule has 10 heavy (non-hydrogen) atoms. The van der Waals surface area contributed by atoms with Gasteiger partial charge < -0.3 is 4.74 Å². The highest BCUT2D eigenvalue weighted by molar-refractivity contribution is 5.07. The van der Waals surface area contributed by atoms with Gasteiger partial charge in [-0.25, -0.2) is 0 Å². The highest BCUT2D eigenvalue weighted by atomic mass is 16.5. The number of fused-ring (bicyclic) bond motifs is 1. The van der Waals surface area contributed by atoms with Gasteiger partial charge in [-0.05, 0) is 32.1 Å². The van der Waals surface area contributed by atoms with Crippen LogP contribution in [0.1, 0.15) is 26.2 Å². The molecule has 0 amide bonds. The summed E-state index contributed by atoms with van der Waals surface area (Å²) in [5.41, 5.74) is 1.56. The zero-order valence-electron chi connectivity index (χ0n) is 6.47. The first-order valence-electron chi connectivity index (χ1n) is 4.13. The van der Waals surface area contributed by atoms with E-state index in [0.29, 0.717) is 6.10 Å². The van der Waals surface area contributed by atoms with E-state index in [1.807, 2.05) is 0 Å². The minimum Gasteiger partial charge on any atom is -0.378 e. The predicted molar refractivity (Wildman–Crippen MR) is 40.8 cm³/mol. The third-order valence-corrected chi connectivity index (χ3v) is 2.63. The van der Waals surface area contributed by atoms with Crippen molar-refractivity contribution >= 4 is 0 Å². The second kappa shape index (κ2) is 2.39. The summed E-state index contributed by atoms with van der Waals surface area (Å²) in [4.78, 5) is 0. The maximum Gasteiger partial charge on any atom is 0.0641 e. The lowest BCUT2D eigenvalue weighted by Crippen LogP contribution is -2.18. The Bertz CT molecular complexity index is 160. The molecule has 1 heterocycles. The smallest absolute Gasteiger partial charge is 0.0641 e. The highest BCUT2D eigenvalue weighted by Crippen LogP contribution is 2.33. The molecule has 0 bridgehead atoms. The number of ether oxygens (including phenoxy) is 1. The fourth-order valence-electron chi connectivity index (χ4n) is 2.00. The van der Waals surface area contributed by atoms with Crippen LogP contribution in [0, 0.1) is 5.92 Å². The first-order valence-corrected chi connectivity index (χ1v) is 4.13. The molecule has 0 N–H and O–H groups in total. The maximum atomic E-state index is 5.56. The molecule has 0 aromatic heterocycles. The Morgan fingerprint density at radius 3 is 3.40 bits per heavy atom. The Balaban J connectivity index is 2.08. The summed E-state index contributed by atoms with van der Waals surface area (Å²) in [5.74, 6) is 0.852. The molecule has 0 spiro atoms. The molecule has 0 radical (unpaired) electrons. The van der Waals surface area contributed by atoms with Gasteiger partial charge in [0.05, 0.1) is 6.10 Å². The zero-order chi connectivity index (χ0) is 6.97. The normalized spacial score (nSPS) is 39.1. The summed E-state index contributed by atoms with van der Waals surface area (Å²) in [6.07, 6.45) is 6.63. The molecular weight excluding hydrogens is 124 g/mol. The summed E-state index contributed by atoms with van der Waals surface area (Å²) >= 11 is 0. The van der Waals surface area contributed by atoms with Crippen molar-refractivity contribution in [3.8, 4) is 0 Å². The Morgan fingerprint density at radius 2 is 2.50 bits per heavy atom. The van der Waals surface area contributed by atoms with Crippen molar-refractivity contribution in [1.29, 1.82) is 0 Å². The van der Waals surface area contributed by atoms with Gasteiger partial charge in [-0.1, -0.05) is 11.6 Å². The second-order valence-electron chi connectivity index (χ2n) is 3.45. The van der Waals surface area contributed by atoms with Crippen LogP contribution < -0.4 is 0 Å². The van der Waals surface area contributed by atoms with Crippen molar-refractivity contribution in [1.82, 2.24) is 0 Å². The van der Waals surface area contributed by atoms with Crippen molar-refractivity contribution in [2.75, 3.05) is 6.61 Å². The summed E-state index contributed by atoms with van der Waals surface area (Å²) < 4.78 is 5.56. The number of hydrogen-bond donors (Lipinski definition) is 0. The van der Waals surface area contributed by atoms with Crippen LogP contribution in [0.4, 0.5) is 0 Å². The standard InChI is InChI=1S/C9H14O/c1-7-2-3-9-8(6-7)4-5-10-9/h2,8-9H,3-6H2,1H3. The molecule has 2 unspecified atom stereocenters. The van der Waals surface area contributed by atoms with Gasteiger partial charge in [0, 0.05) is 6.61 Å². The predicted octanol–water partition coefficient (Wildman–Crippen LogP) is 2.13. The van der Waals surface area contributed by atoms with Gasteiger partial charge in [0.25, 0.3) is 0 Å². The fraction of sp³-hybridized carbons (Fsp3) is 0.778. The van der Waals surface area contributed by atoms with E-state index < -0.39 is 0 Å². The topological polar surface area (TPSA) is 9.23 Å². The molecular formula is C9H14O. The van der Waals surface area contributed by atoms with Gasteiger partial charge in [-0.2, -0.15) is 0 Å². The lowest BCUT2D eigenvalue weighted by molar-refractivity contribution is 0.0892. The van der Waals surface area contributed by atoms with Gasteiger partial charge in [0.1, 0.15) is 0 Å². The third-order valence-electron chi connectivity index (χ3n) is 2.63. The van der Waals surface area contributed by atoms with E-state index in [1.54, 1.807) is 5.57 Å². The molecule has 2 aliphatic rings. The van der Waals surface area contributed by atoms with E-state index in [4.69, 9.17) is 4.74 Å². The quantitative estimate of drug-likeness (QED) is 0.466. The zero-order valence-corrected chi connectivity index (χ0v) is 6.47. The van der Waals surface area contributed by atoms with Crippen LogP contribution in [0.5, 0.6) is 0 Å². The third kappa shape index (κ3) is 0.988. The van der Waals surface area contributed by atoms with E-state index >= 15 is 0 Å². The minimum atomic E-state index is 0.573. The summed E-state index contributed by atoms with van der Waals surface area (Å²) in [6.45, 7) is 3.23. The average molecular weight is 138 g/mol. The lowest BCUT2D eigenvalue weighted by Gasteiger charge is -2.22. The molecule has 56 valence electrons. The van der Waals surface area contributed by atoms with Crippen molar-refractivity contribution in [2.45, 2.75) is 32.3 Å². The van der Waals surface area contributed by atoms with Crippen molar-refractivity contribution in [3.05, 3.63) is 11.6 Å². The van der Waals surface area contributed by atoms with Crippen LogP contribution in [-0.4, -0.2) is 12.7 Å². The molecule has 1 saturated heterocycles. The van der Waals surface area contributed by atoms with Crippen LogP contribution in [0.2, 0.25) is 0 Å². The highest BCUT2D eigenvalue weighted by Gasteiger charge is 2.29. The van der Waals surface area contributed by atoms with E-state index in [-0.39, 0.29) is 0 Å². The van der Waals surface area contributed by atoms with Crippen LogP contribution in [0.3, 0.4) is 0 Å². The van der Waals surface area contributed by atoms with Gasteiger partial charge in [0.15, 0.2) is 0 Å². The summed E-state index contributed by atoms with van der Waals surface area (Å²) in [5, 5.41) is 0. The van der Waals surface area contributed by atoms with Crippen molar-refractivity contribution in [3.63, 3.8) is 0 Å². The van der Waals surface area contributed by atoms with E-state index in [0.717, 1.165) is 18.9 Å². The average Bonchev–Trinajstić information content (AvgIpc) is 2.33. The van der Waals surface area contributed by atoms with Crippen LogP contribution >= 0.6 is 0 Å². The van der Waals surface area contributed by atoms with Crippen LogP contribution in [0.15, 0.2) is 11.6 Å². The SMILES string of the molecule is CC1=CCC2OCCC2C1. The van der Waals surface area contributed by atoms with Gasteiger partial charge in [-0.15, -0.1) is 0 Å². The van der Waals surface area contributed by atoms with Gasteiger partial charge in [-0.3, -0.25) is 0 Å². The summed E-state index contributed by atoms with van der Waals surface area (Å²) in [6, 6.07) is 0. The van der Waals surface area contributed by atoms with E-state index in [9.17, 15) is 0 Å². The Kier molecular flexibility index (Phi) is 1.53. The summed E-state index contributed by atoms with van der Waals surface area (Å²) in [7, 11) is 0. The first kappa shape index (κ1) is 6.41. The molecule has 0 aromatic carbocycles. The maximum absolute atomic E-state index is 5.56. The molecule has 2 rings (SSSR count). The molecule has 1 aliphatic heterocycles. The van der Waals surface area contributed by atoms with Crippen molar-refractivity contribution < 1.29 is 4.74 Å². The largest absolute Gasteiger partial charge is 0.378 e. The molecule has 1 heteroatoms. The lowest BCUT2D eigenvalue weighted by atomic mass is 9.87. The molecule has 0 saturated carbocycles. The molecule has 1 fully saturated rings. The van der Waals surface area contributed by atoms with Crippen LogP contribution in [0.25, 0.3) is 0 Å². The Labute approximate surface area is 62.1 Å². The minimum absolute atomic E-state index is 0.573. The molecule has 0 aromatic rings.